The van der Waals surface area contributed by atoms with Gasteiger partial charge in [-0.2, -0.15) is 0 Å². The zero-order valence-electron chi connectivity index (χ0n) is 9.62. The molecule has 4 heteroatoms. The molecule has 1 aromatic rings. The van der Waals surface area contributed by atoms with Crippen LogP contribution >= 0.6 is 0 Å². The van der Waals surface area contributed by atoms with Crippen LogP contribution in [0, 0.1) is 0 Å². The number of nitrogens with one attached hydrogen (secondary N) is 1. The second-order valence-corrected chi connectivity index (χ2v) is 4.28. The van der Waals surface area contributed by atoms with Crippen LogP contribution in [-0.2, 0) is 4.74 Å². The topological polar surface area (TPSA) is 60.4 Å². The molecule has 1 atom stereocenters. The third kappa shape index (κ3) is 3.66. The van der Waals surface area contributed by atoms with Crippen molar-refractivity contribution in [2.75, 3.05) is 7.11 Å². The summed E-state index contributed by atoms with van der Waals surface area (Å²) in [6.07, 6.45) is 5.21. The van der Waals surface area contributed by atoms with Crippen molar-refractivity contribution in [1.82, 2.24) is 5.43 Å². The van der Waals surface area contributed by atoms with Gasteiger partial charge in [0.15, 0.2) is 0 Å². The average molecular weight is 212 g/mol. The molecule has 1 aromatic heterocycles. The minimum Gasteiger partial charge on any atom is -0.472 e. The van der Waals surface area contributed by atoms with E-state index in [-0.39, 0.29) is 11.6 Å². The Labute approximate surface area is 90.8 Å². The summed E-state index contributed by atoms with van der Waals surface area (Å²) >= 11 is 0. The summed E-state index contributed by atoms with van der Waals surface area (Å²) in [4.78, 5) is 0. The van der Waals surface area contributed by atoms with E-state index < -0.39 is 0 Å². The number of ether oxygens (including phenoxy) is 1. The molecule has 86 valence electrons. The van der Waals surface area contributed by atoms with Gasteiger partial charge in [-0.25, -0.2) is 0 Å². The third-order valence-electron chi connectivity index (χ3n) is 2.73. The number of hydrazine groups is 1. The molecule has 0 amide bonds. The number of rotatable bonds is 6. The maximum Gasteiger partial charge on any atom is 0.0950 e. The molecule has 15 heavy (non-hydrogen) atoms. The van der Waals surface area contributed by atoms with E-state index >= 15 is 0 Å². The van der Waals surface area contributed by atoms with Gasteiger partial charge in [0.2, 0.25) is 0 Å². The second kappa shape index (κ2) is 5.30. The fraction of sp³-hybridized carbons (Fsp3) is 0.636. The second-order valence-electron chi connectivity index (χ2n) is 4.28. The minimum absolute atomic E-state index is 0.112. The van der Waals surface area contributed by atoms with Gasteiger partial charge in [0.05, 0.1) is 18.1 Å². The van der Waals surface area contributed by atoms with Crippen molar-refractivity contribution in [1.29, 1.82) is 0 Å². The molecule has 3 N–H and O–H groups in total. The molecule has 1 rings (SSSR count). The lowest BCUT2D eigenvalue weighted by Crippen LogP contribution is -2.31. The maximum absolute atomic E-state index is 5.50. The monoisotopic (exact) mass is 212 g/mol. The van der Waals surface area contributed by atoms with E-state index in [0.29, 0.717) is 0 Å². The fourth-order valence-electron chi connectivity index (χ4n) is 1.41. The Bertz CT molecular complexity index is 270. The highest BCUT2D eigenvalue weighted by Gasteiger charge is 2.19. The highest BCUT2D eigenvalue weighted by Crippen LogP contribution is 2.23. The Hall–Kier alpha value is -0.840. The van der Waals surface area contributed by atoms with Crippen LogP contribution in [0.3, 0.4) is 0 Å². The molecule has 0 aliphatic rings. The number of methoxy groups -OCH3 is 1. The quantitative estimate of drug-likeness (QED) is 0.559. The van der Waals surface area contributed by atoms with Gasteiger partial charge in [0.25, 0.3) is 0 Å². The Morgan fingerprint density at radius 1 is 1.60 bits per heavy atom. The first kappa shape index (κ1) is 12.2. The summed E-state index contributed by atoms with van der Waals surface area (Å²) in [5.74, 6) is 5.50. The van der Waals surface area contributed by atoms with E-state index in [9.17, 15) is 0 Å². The first-order chi connectivity index (χ1) is 7.09. The van der Waals surface area contributed by atoms with E-state index in [1.807, 2.05) is 6.07 Å². The molecule has 0 spiro atoms. The van der Waals surface area contributed by atoms with Crippen molar-refractivity contribution < 1.29 is 9.15 Å². The van der Waals surface area contributed by atoms with E-state index in [0.717, 1.165) is 18.4 Å². The van der Waals surface area contributed by atoms with Gasteiger partial charge in [-0.3, -0.25) is 11.3 Å². The molecule has 0 bridgehead atoms. The lowest BCUT2D eigenvalue weighted by molar-refractivity contribution is 0.0116. The summed E-state index contributed by atoms with van der Waals surface area (Å²) in [5.41, 5.74) is 3.75. The number of furan rings is 1. The summed E-state index contributed by atoms with van der Waals surface area (Å²) in [7, 11) is 1.72. The van der Waals surface area contributed by atoms with Gasteiger partial charge in [-0.15, -0.1) is 0 Å². The number of hydrogen-bond acceptors (Lipinski definition) is 4. The highest BCUT2D eigenvalue weighted by molar-refractivity contribution is 5.11. The standard InChI is InChI=1S/C11H20N2O2/c1-11(2,14-3)6-4-10(13-12)9-5-7-15-8-9/h5,7-8,10,13H,4,6,12H2,1-3H3. The summed E-state index contributed by atoms with van der Waals surface area (Å²) in [6, 6.07) is 2.04. The first-order valence-corrected chi connectivity index (χ1v) is 5.12. The lowest BCUT2D eigenvalue weighted by atomic mass is 9.96. The predicted octanol–water partition coefficient (Wildman–Crippen LogP) is 1.99. The molecule has 0 saturated carbocycles. The van der Waals surface area contributed by atoms with E-state index in [2.05, 4.69) is 19.3 Å². The fourth-order valence-corrected chi connectivity index (χ4v) is 1.41. The van der Waals surface area contributed by atoms with Crippen LogP contribution in [0.15, 0.2) is 23.0 Å². The smallest absolute Gasteiger partial charge is 0.0950 e. The molecule has 0 fully saturated rings. The SMILES string of the molecule is COC(C)(C)CCC(NN)c1ccoc1. The zero-order valence-corrected chi connectivity index (χ0v) is 9.62. The van der Waals surface area contributed by atoms with Crippen LogP contribution in [0.25, 0.3) is 0 Å². The van der Waals surface area contributed by atoms with Gasteiger partial charge in [0.1, 0.15) is 0 Å². The molecule has 0 saturated heterocycles. The normalized spacial score (nSPS) is 14.1. The molecular weight excluding hydrogens is 192 g/mol. The first-order valence-electron chi connectivity index (χ1n) is 5.12. The van der Waals surface area contributed by atoms with Crippen molar-refractivity contribution >= 4 is 0 Å². The molecular formula is C11H20N2O2. The lowest BCUT2D eigenvalue weighted by Gasteiger charge is -2.25. The van der Waals surface area contributed by atoms with Gasteiger partial charge < -0.3 is 9.15 Å². The molecule has 0 aliphatic heterocycles. The Morgan fingerprint density at radius 2 is 2.33 bits per heavy atom. The van der Waals surface area contributed by atoms with Gasteiger partial charge in [-0.05, 0) is 32.8 Å². The summed E-state index contributed by atoms with van der Waals surface area (Å²) in [5, 5.41) is 0. The zero-order chi connectivity index (χ0) is 11.3. The van der Waals surface area contributed by atoms with Crippen LogP contribution in [0.5, 0.6) is 0 Å². The van der Waals surface area contributed by atoms with E-state index in [4.69, 9.17) is 15.0 Å². The van der Waals surface area contributed by atoms with Crippen molar-refractivity contribution in [3.05, 3.63) is 24.2 Å². The number of hydrogen-bond donors (Lipinski definition) is 2. The van der Waals surface area contributed by atoms with Gasteiger partial charge >= 0.3 is 0 Å². The van der Waals surface area contributed by atoms with E-state index in [1.165, 1.54) is 0 Å². The van der Waals surface area contributed by atoms with Crippen LogP contribution in [0.1, 0.15) is 38.3 Å². The van der Waals surface area contributed by atoms with Crippen molar-refractivity contribution in [2.24, 2.45) is 5.84 Å². The molecule has 0 aromatic carbocycles. The van der Waals surface area contributed by atoms with Crippen LogP contribution < -0.4 is 11.3 Å². The summed E-state index contributed by atoms with van der Waals surface area (Å²) < 4.78 is 10.4. The van der Waals surface area contributed by atoms with Crippen LogP contribution in [0.4, 0.5) is 0 Å². The van der Waals surface area contributed by atoms with Crippen LogP contribution in [-0.4, -0.2) is 12.7 Å². The Kier molecular flexibility index (Phi) is 4.32. The third-order valence-corrected chi connectivity index (χ3v) is 2.73. The molecule has 4 nitrogen and oxygen atoms in total. The van der Waals surface area contributed by atoms with Crippen LogP contribution in [0.2, 0.25) is 0 Å². The molecule has 0 radical (unpaired) electrons. The largest absolute Gasteiger partial charge is 0.472 e. The molecule has 0 aliphatic carbocycles. The minimum atomic E-state index is -0.112. The Morgan fingerprint density at radius 3 is 2.80 bits per heavy atom. The predicted molar refractivity (Wildman–Crippen MR) is 59.1 cm³/mol. The van der Waals surface area contributed by atoms with Gasteiger partial charge in [0, 0.05) is 18.7 Å². The highest BCUT2D eigenvalue weighted by atomic mass is 16.5. The number of nitrogens with two attached hydrogens (primary N) is 1. The molecule has 1 heterocycles. The van der Waals surface area contributed by atoms with Gasteiger partial charge in [-0.1, -0.05) is 0 Å². The molecule has 1 unspecified atom stereocenters. The van der Waals surface area contributed by atoms with Crippen molar-refractivity contribution in [3.8, 4) is 0 Å². The van der Waals surface area contributed by atoms with E-state index in [1.54, 1.807) is 19.6 Å². The van der Waals surface area contributed by atoms with Crippen molar-refractivity contribution in [2.45, 2.75) is 38.3 Å². The summed E-state index contributed by atoms with van der Waals surface area (Å²) in [6.45, 7) is 4.13. The van der Waals surface area contributed by atoms with Crippen molar-refractivity contribution in [3.63, 3.8) is 0 Å². The average Bonchev–Trinajstić information content (AvgIpc) is 2.72. The maximum atomic E-state index is 5.50. The Balaban J connectivity index is 2.49.